The lowest BCUT2D eigenvalue weighted by atomic mass is 10.3. The molecular formula is C12H13N3OS. The minimum atomic E-state index is -0.460. The minimum Gasteiger partial charge on any atom is -0.366 e. The third-order valence-corrected chi connectivity index (χ3v) is 3.29. The summed E-state index contributed by atoms with van der Waals surface area (Å²) in [6, 6.07) is 7.59. The van der Waals surface area contributed by atoms with Crippen LogP contribution in [-0.2, 0) is 6.54 Å². The molecule has 2 aromatic rings. The van der Waals surface area contributed by atoms with E-state index in [0.29, 0.717) is 5.56 Å². The van der Waals surface area contributed by atoms with Gasteiger partial charge in [0.1, 0.15) is 5.82 Å². The highest BCUT2D eigenvalue weighted by Crippen LogP contribution is 2.16. The van der Waals surface area contributed by atoms with Gasteiger partial charge in [0.15, 0.2) is 0 Å². The van der Waals surface area contributed by atoms with Gasteiger partial charge < -0.3 is 11.1 Å². The van der Waals surface area contributed by atoms with Crippen LogP contribution in [0.5, 0.6) is 0 Å². The molecule has 0 aliphatic rings. The topological polar surface area (TPSA) is 68.0 Å². The largest absolute Gasteiger partial charge is 0.366 e. The molecule has 17 heavy (non-hydrogen) atoms. The van der Waals surface area contributed by atoms with Gasteiger partial charge in [-0.15, -0.1) is 11.3 Å². The summed E-state index contributed by atoms with van der Waals surface area (Å²) < 4.78 is 0. The summed E-state index contributed by atoms with van der Waals surface area (Å²) in [4.78, 5) is 17.5. The number of aromatic nitrogens is 1. The number of hydrogen-bond acceptors (Lipinski definition) is 4. The van der Waals surface area contributed by atoms with Gasteiger partial charge in [0.2, 0.25) is 5.91 Å². The lowest BCUT2D eigenvalue weighted by Crippen LogP contribution is -2.11. The molecule has 2 heterocycles. The number of nitrogens with zero attached hydrogens (tertiary/aromatic N) is 1. The van der Waals surface area contributed by atoms with Gasteiger partial charge in [-0.3, -0.25) is 4.79 Å². The van der Waals surface area contributed by atoms with E-state index in [9.17, 15) is 4.79 Å². The summed E-state index contributed by atoms with van der Waals surface area (Å²) in [5.74, 6) is 0.277. The van der Waals surface area contributed by atoms with E-state index in [4.69, 9.17) is 5.73 Å². The lowest BCUT2D eigenvalue weighted by molar-refractivity contribution is 0.1000. The van der Waals surface area contributed by atoms with E-state index in [1.54, 1.807) is 23.5 Å². The molecule has 0 aliphatic carbocycles. The van der Waals surface area contributed by atoms with Crippen LogP contribution in [0.15, 0.2) is 30.5 Å². The van der Waals surface area contributed by atoms with Crippen LogP contribution in [0.3, 0.4) is 0 Å². The Bertz CT molecular complexity index is 519. The molecule has 1 amide bonds. The standard InChI is InChI=1S/C12H13N3OS/c1-8-2-4-10(17-8)7-15-11-5-3-9(6-14-11)12(13)16/h2-6H,7H2,1H3,(H2,13,16)(H,14,15). The number of anilines is 1. The molecule has 0 aliphatic heterocycles. The summed E-state index contributed by atoms with van der Waals surface area (Å²) in [7, 11) is 0. The van der Waals surface area contributed by atoms with E-state index in [1.165, 1.54) is 16.0 Å². The average Bonchev–Trinajstić information content (AvgIpc) is 2.73. The number of pyridine rings is 1. The summed E-state index contributed by atoms with van der Waals surface area (Å²) >= 11 is 1.75. The summed E-state index contributed by atoms with van der Waals surface area (Å²) in [5.41, 5.74) is 5.55. The van der Waals surface area contributed by atoms with Crippen molar-refractivity contribution in [1.29, 1.82) is 0 Å². The molecule has 3 N–H and O–H groups in total. The fraction of sp³-hybridized carbons (Fsp3) is 0.167. The van der Waals surface area contributed by atoms with Gasteiger partial charge in [-0.25, -0.2) is 4.98 Å². The Balaban J connectivity index is 1.97. The van der Waals surface area contributed by atoms with Crippen LogP contribution in [0.1, 0.15) is 20.1 Å². The van der Waals surface area contributed by atoms with Crippen molar-refractivity contribution in [2.45, 2.75) is 13.5 Å². The van der Waals surface area contributed by atoms with E-state index in [-0.39, 0.29) is 0 Å². The van der Waals surface area contributed by atoms with Crippen molar-refractivity contribution >= 4 is 23.1 Å². The van der Waals surface area contributed by atoms with Crippen molar-refractivity contribution < 1.29 is 4.79 Å². The number of rotatable bonds is 4. The highest BCUT2D eigenvalue weighted by Gasteiger charge is 2.01. The molecule has 0 spiro atoms. The maximum absolute atomic E-state index is 10.9. The van der Waals surface area contributed by atoms with Gasteiger partial charge in [-0.05, 0) is 31.2 Å². The number of nitrogens with one attached hydrogen (secondary N) is 1. The van der Waals surface area contributed by atoms with Crippen molar-refractivity contribution in [3.8, 4) is 0 Å². The first-order valence-electron chi connectivity index (χ1n) is 5.20. The number of carbonyl (C=O) groups excluding carboxylic acids is 1. The lowest BCUT2D eigenvalue weighted by Gasteiger charge is -2.03. The highest BCUT2D eigenvalue weighted by molar-refractivity contribution is 7.11. The fourth-order valence-corrected chi connectivity index (χ4v) is 2.23. The molecule has 88 valence electrons. The summed E-state index contributed by atoms with van der Waals surface area (Å²) in [5, 5.41) is 3.19. The second-order valence-corrected chi connectivity index (χ2v) is 5.03. The van der Waals surface area contributed by atoms with Crippen molar-refractivity contribution in [2.24, 2.45) is 5.73 Å². The van der Waals surface area contributed by atoms with E-state index in [0.717, 1.165) is 12.4 Å². The van der Waals surface area contributed by atoms with E-state index < -0.39 is 5.91 Å². The Morgan fingerprint density at radius 2 is 2.24 bits per heavy atom. The molecule has 0 atom stereocenters. The monoisotopic (exact) mass is 247 g/mol. The van der Waals surface area contributed by atoms with E-state index in [1.807, 2.05) is 0 Å². The van der Waals surface area contributed by atoms with Gasteiger partial charge in [-0.1, -0.05) is 0 Å². The number of amides is 1. The molecule has 0 fully saturated rings. The second kappa shape index (κ2) is 4.97. The SMILES string of the molecule is Cc1ccc(CNc2ccc(C(N)=O)cn2)s1. The van der Waals surface area contributed by atoms with Crippen molar-refractivity contribution in [2.75, 3.05) is 5.32 Å². The highest BCUT2D eigenvalue weighted by atomic mass is 32.1. The van der Waals surface area contributed by atoms with Crippen molar-refractivity contribution in [3.63, 3.8) is 0 Å². The molecule has 5 heteroatoms. The van der Waals surface area contributed by atoms with Crippen molar-refractivity contribution in [3.05, 3.63) is 45.8 Å². The van der Waals surface area contributed by atoms with Crippen LogP contribution in [-0.4, -0.2) is 10.9 Å². The van der Waals surface area contributed by atoms with Gasteiger partial charge in [-0.2, -0.15) is 0 Å². The number of thiophene rings is 1. The predicted molar refractivity (Wildman–Crippen MR) is 69.1 cm³/mol. The maximum Gasteiger partial charge on any atom is 0.250 e. The van der Waals surface area contributed by atoms with Crippen LogP contribution >= 0.6 is 11.3 Å². The minimum absolute atomic E-state index is 0.419. The number of nitrogens with two attached hydrogens (primary N) is 1. The van der Waals surface area contributed by atoms with Crippen LogP contribution < -0.4 is 11.1 Å². The average molecular weight is 247 g/mol. The third-order valence-electron chi connectivity index (χ3n) is 2.29. The summed E-state index contributed by atoms with van der Waals surface area (Å²) in [6.07, 6.45) is 1.48. The summed E-state index contributed by atoms with van der Waals surface area (Å²) in [6.45, 7) is 2.81. The van der Waals surface area contributed by atoms with Crippen LogP contribution in [0, 0.1) is 6.92 Å². The smallest absolute Gasteiger partial charge is 0.250 e. The fourth-order valence-electron chi connectivity index (χ4n) is 1.40. The van der Waals surface area contributed by atoms with Crippen LogP contribution in [0.25, 0.3) is 0 Å². The molecule has 4 nitrogen and oxygen atoms in total. The molecule has 0 aromatic carbocycles. The first kappa shape index (κ1) is 11.6. The second-order valence-electron chi connectivity index (χ2n) is 3.66. The first-order valence-corrected chi connectivity index (χ1v) is 6.02. The van der Waals surface area contributed by atoms with E-state index >= 15 is 0 Å². The quantitative estimate of drug-likeness (QED) is 0.870. The number of primary amides is 1. The molecule has 0 saturated heterocycles. The van der Waals surface area contributed by atoms with Gasteiger partial charge in [0.25, 0.3) is 0 Å². The molecule has 0 radical (unpaired) electrons. The number of aryl methyl sites for hydroxylation is 1. The van der Waals surface area contributed by atoms with Crippen LogP contribution in [0.2, 0.25) is 0 Å². The zero-order valence-corrected chi connectivity index (χ0v) is 10.3. The van der Waals surface area contributed by atoms with Gasteiger partial charge in [0, 0.05) is 16.0 Å². The molecular weight excluding hydrogens is 234 g/mol. The molecule has 0 saturated carbocycles. The van der Waals surface area contributed by atoms with Gasteiger partial charge >= 0.3 is 0 Å². The van der Waals surface area contributed by atoms with Crippen molar-refractivity contribution in [1.82, 2.24) is 4.98 Å². The normalized spacial score (nSPS) is 10.2. The Kier molecular flexibility index (Phi) is 3.39. The zero-order chi connectivity index (χ0) is 12.3. The van der Waals surface area contributed by atoms with Gasteiger partial charge in [0.05, 0.1) is 12.1 Å². The molecule has 0 bridgehead atoms. The third kappa shape index (κ3) is 3.04. The number of carbonyl (C=O) groups is 1. The maximum atomic E-state index is 10.9. The Labute approximate surface area is 103 Å². The number of hydrogen-bond donors (Lipinski definition) is 2. The molecule has 0 unspecified atom stereocenters. The zero-order valence-electron chi connectivity index (χ0n) is 9.43. The predicted octanol–water partition coefficient (Wildman–Crippen LogP) is 2.16. The van der Waals surface area contributed by atoms with E-state index in [2.05, 4.69) is 29.4 Å². The molecule has 2 rings (SSSR count). The Morgan fingerprint density at radius 3 is 2.76 bits per heavy atom. The first-order chi connectivity index (χ1) is 8.15. The van der Waals surface area contributed by atoms with Crippen LogP contribution in [0.4, 0.5) is 5.82 Å². The Morgan fingerprint density at radius 1 is 1.41 bits per heavy atom. The Hall–Kier alpha value is -1.88. The molecule has 2 aromatic heterocycles.